The zero-order valence-corrected chi connectivity index (χ0v) is 19.9. The molecule has 0 aromatic heterocycles. The van der Waals surface area contributed by atoms with E-state index in [2.05, 4.69) is 67.5 Å². The van der Waals surface area contributed by atoms with Gasteiger partial charge in [0.1, 0.15) is 5.41 Å². The Balaban J connectivity index is 1.50. The highest BCUT2D eigenvalue weighted by atomic mass is 79.9. The molecule has 1 atom stereocenters. The first kappa shape index (κ1) is 20.5. The lowest BCUT2D eigenvalue weighted by molar-refractivity contribution is -0.130. The summed E-state index contributed by atoms with van der Waals surface area (Å²) in [5.74, 6) is -0.470. The van der Waals surface area contributed by atoms with Gasteiger partial charge in [-0.15, -0.1) is 0 Å². The number of rotatable bonds is 4. The number of benzene rings is 3. The summed E-state index contributed by atoms with van der Waals surface area (Å²) < 4.78 is 0.482. The smallest absolute Gasteiger partial charge is 0.241 e. The number of amides is 1. The molecule has 0 heterocycles. The Morgan fingerprint density at radius 3 is 2.16 bits per heavy atom. The Hall–Kier alpha value is -2.42. The Morgan fingerprint density at radius 2 is 1.58 bits per heavy atom. The molecule has 3 aromatic rings. The molecule has 0 spiro atoms. The van der Waals surface area contributed by atoms with Crippen molar-refractivity contribution in [3.8, 4) is 6.07 Å². The van der Waals surface area contributed by atoms with E-state index in [0.717, 1.165) is 38.7 Å². The second-order valence-electron chi connectivity index (χ2n) is 8.30. The number of fused-ring (bicyclic) bond motifs is 1. The number of hydrogen-bond donors (Lipinski definition) is 1. The third-order valence-electron chi connectivity index (χ3n) is 6.63. The average molecular weight is 536 g/mol. The van der Waals surface area contributed by atoms with Crippen molar-refractivity contribution < 1.29 is 4.79 Å². The maximum Gasteiger partial charge on any atom is 0.241 e. The molecular formula is C26H20Br2N2O. The van der Waals surface area contributed by atoms with Crippen LogP contribution < -0.4 is 5.32 Å². The fourth-order valence-corrected chi connectivity index (χ4v) is 6.66. The normalized spacial score (nSPS) is 25.3. The summed E-state index contributed by atoms with van der Waals surface area (Å²) in [5.41, 5.74) is 4.43. The molecule has 0 fully saturated rings. The predicted octanol–water partition coefficient (Wildman–Crippen LogP) is 5.81. The van der Waals surface area contributed by atoms with Crippen LogP contribution in [0.2, 0.25) is 0 Å². The second kappa shape index (κ2) is 7.62. The number of carbonyl (C=O) groups is 1. The number of halogens is 2. The van der Waals surface area contributed by atoms with Crippen molar-refractivity contribution in [2.24, 2.45) is 5.41 Å². The molecule has 3 aromatic carbocycles. The van der Waals surface area contributed by atoms with Gasteiger partial charge < -0.3 is 5.32 Å². The van der Waals surface area contributed by atoms with Crippen LogP contribution >= 0.6 is 31.9 Å². The zero-order valence-electron chi connectivity index (χ0n) is 16.7. The lowest BCUT2D eigenvalue weighted by Crippen LogP contribution is -2.54. The van der Waals surface area contributed by atoms with Crippen molar-refractivity contribution in [1.29, 1.82) is 5.26 Å². The summed E-state index contributed by atoms with van der Waals surface area (Å²) in [6.07, 6.45) is 1.14. The van der Waals surface area contributed by atoms with E-state index in [1.54, 1.807) is 0 Å². The van der Waals surface area contributed by atoms with Gasteiger partial charge in [0.05, 0.1) is 10.4 Å². The van der Waals surface area contributed by atoms with Gasteiger partial charge in [-0.25, -0.2) is 0 Å². The third kappa shape index (κ3) is 3.08. The quantitative estimate of drug-likeness (QED) is 0.429. The van der Waals surface area contributed by atoms with Gasteiger partial charge in [-0.2, -0.15) is 5.26 Å². The van der Waals surface area contributed by atoms with Gasteiger partial charge in [0, 0.05) is 16.9 Å². The summed E-state index contributed by atoms with van der Waals surface area (Å²) in [5, 5.41) is 13.5. The Labute approximate surface area is 198 Å². The molecule has 5 heteroatoms. The molecule has 0 aliphatic heterocycles. The van der Waals surface area contributed by atoms with E-state index in [-0.39, 0.29) is 11.8 Å². The highest BCUT2D eigenvalue weighted by molar-refractivity contribution is 9.10. The minimum absolute atomic E-state index is 0.190. The van der Waals surface area contributed by atoms with Gasteiger partial charge in [-0.05, 0) is 52.8 Å². The minimum atomic E-state index is -1.16. The topological polar surface area (TPSA) is 52.9 Å². The van der Waals surface area contributed by atoms with Gasteiger partial charge >= 0.3 is 0 Å². The highest BCUT2D eigenvalue weighted by Crippen LogP contribution is 2.65. The molecule has 0 saturated carbocycles. The number of alkyl halides is 1. The molecular weight excluding hydrogens is 516 g/mol. The highest BCUT2D eigenvalue weighted by Gasteiger charge is 2.62. The van der Waals surface area contributed by atoms with Gasteiger partial charge in [0.2, 0.25) is 5.91 Å². The molecule has 3 aliphatic rings. The van der Waals surface area contributed by atoms with Gasteiger partial charge in [0.15, 0.2) is 0 Å². The molecule has 3 aliphatic carbocycles. The van der Waals surface area contributed by atoms with E-state index in [4.69, 9.17) is 0 Å². The first-order valence-corrected chi connectivity index (χ1v) is 11.9. The molecule has 31 heavy (non-hydrogen) atoms. The first-order chi connectivity index (χ1) is 15.0. The summed E-state index contributed by atoms with van der Waals surface area (Å²) in [7, 11) is 0. The van der Waals surface area contributed by atoms with E-state index in [9.17, 15) is 10.1 Å². The van der Waals surface area contributed by atoms with Crippen LogP contribution in [0.3, 0.4) is 0 Å². The fraction of sp³-hybridized carbons (Fsp3) is 0.231. The predicted molar refractivity (Wildman–Crippen MR) is 128 cm³/mol. The van der Waals surface area contributed by atoms with Crippen molar-refractivity contribution in [3.05, 3.63) is 105 Å². The maximum atomic E-state index is 13.6. The van der Waals surface area contributed by atoms with Crippen molar-refractivity contribution in [3.63, 3.8) is 0 Å². The molecule has 1 unspecified atom stereocenters. The lowest BCUT2D eigenvalue weighted by Gasteiger charge is -2.53. The van der Waals surface area contributed by atoms with Crippen LogP contribution in [-0.2, 0) is 15.5 Å². The van der Waals surface area contributed by atoms with Crippen LogP contribution in [0, 0.1) is 16.7 Å². The van der Waals surface area contributed by atoms with E-state index >= 15 is 0 Å². The monoisotopic (exact) mass is 534 g/mol. The standard InChI is InChI=1S/C26H20Br2N2O/c27-18-11-9-17(10-12-18)13-14-30-24(31)25(16-29)15-26(28)21-7-3-1-5-19(21)23(25)20-6-2-4-8-22(20)26/h1-12,23H,13-15H2,(H,30,31). The molecule has 1 N–H and O–H groups in total. The van der Waals surface area contributed by atoms with Crippen LogP contribution in [0.25, 0.3) is 0 Å². The van der Waals surface area contributed by atoms with Crippen LogP contribution in [0.1, 0.15) is 40.2 Å². The van der Waals surface area contributed by atoms with Crippen LogP contribution in [-0.4, -0.2) is 12.5 Å². The van der Waals surface area contributed by atoms with E-state index in [0.29, 0.717) is 13.0 Å². The minimum Gasteiger partial charge on any atom is -0.354 e. The number of nitrogens with zero attached hydrogens (tertiary/aromatic N) is 1. The summed E-state index contributed by atoms with van der Waals surface area (Å²) in [6.45, 7) is 0.495. The van der Waals surface area contributed by atoms with E-state index in [1.165, 1.54) is 0 Å². The van der Waals surface area contributed by atoms with Crippen molar-refractivity contribution in [1.82, 2.24) is 5.32 Å². The third-order valence-corrected chi connectivity index (χ3v) is 8.29. The number of nitrogens with one attached hydrogen (secondary N) is 1. The average Bonchev–Trinajstić information content (AvgIpc) is 2.80. The Morgan fingerprint density at radius 1 is 1.00 bits per heavy atom. The Kier molecular flexibility index (Phi) is 5.03. The molecule has 2 bridgehead atoms. The summed E-state index contributed by atoms with van der Waals surface area (Å²) >= 11 is 7.44. The molecule has 0 radical (unpaired) electrons. The fourth-order valence-electron chi connectivity index (χ4n) is 5.23. The molecule has 1 amide bonds. The molecule has 0 saturated heterocycles. The van der Waals surface area contributed by atoms with Crippen LogP contribution in [0.15, 0.2) is 77.3 Å². The van der Waals surface area contributed by atoms with Crippen LogP contribution in [0.4, 0.5) is 0 Å². The van der Waals surface area contributed by atoms with Gasteiger partial charge in [0.25, 0.3) is 0 Å². The van der Waals surface area contributed by atoms with Gasteiger partial charge in [-0.3, -0.25) is 4.79 Å². The number of carbonyl (C=O) groups excluding carboxylic acids is 1. The maximum absolute atomic E-state index is 13.6. The first-order valence-electron chi connectivity index (χ1n) is 10.3. The zero-order chi connectivity index (χ0) is 21.6. The number of hydrogen-bond acceptors (Lipinski definition) is 2. The van der Waals surface area contributed by atoms with E-state index in [1.807, 2.05) is 48.5 Å². The summed E-state index contributed by atoms with van der Waals surface area (Å²) in [6, 6.07) is 26.9. The largest absolute Gasteiger partial charge is 0.354 e. The lowest BCUT2D eigenvalue weighted by atomic mass is 9.52. The van der Waals surface area contributed by atoms with Crippen LogP contribution in [0.5, 0.6) is 0 Å². The molecule has 154 valence electrons. The van der Waals surface area contributed by atoms with E-state index < -0.39 is 9.74 Å². The number of nitriles is 1. The summed E-state index contributed by atoms with van der Waals surface area (Å²) in [4.78, 5) is 13.6. The molecule has 3 nitrogen and oxygen atoms in total. The Bertz CT molecular complexity index is 1170. The molecule has 6 rings (SSSR count). The van der Waals surface area contributed by atoms with Crippen molar-refractivity contribution >= 4 is 37.8 Å². The SMILES string of the molecule is N#CC1(C(=O)NCCc2ccc(Br)cc2)CC2(Br)c3ccccc3C1c1ccccc12. The second-order valence-corrected chi connectivity index (χ2v) is 10.6. The van der Waals surface area contributed by atoms with Gasteiger partial charge in [-0.1, -0.05) is 92.5 Å². The van der Waals surface area contributed by atoms with Crippen molar-refractivity contribution in [2.45, 2.75) is 23.1 Å². The van der Waals surface area contributed by atoms with Crippen molar-refractivity contribution in [2.75, 3.05) is 6.54 Å².